The predicted molar refractivity (Wildman–Crippen MR) is 84.1 cm³/mol. The number of aryl methyl sites for hydroxylation is 4. The van der Waals surface area contributed by atoms with Crippen LogP contribution in [-0.4, -0.2) is 16.8 Å². The van der Waals surface area contributed by atoms with Gasteiger partial charge < -0.3 is 5.32 Å². The number of hydrogen-bond donors (Lipinski definition) is 1. The predicted octanol–water partition coefficient (Wildman–Crippen LogP) is 3.53. The molecule has 1 aromatic carbocycles. The smallest absolute Gasteiger partial charge is 0.0751 e. The van der Waals surface area contributed by atoms with E-state index in [1.807, 2.05) is 13.2 Å². The molecule has 0 aliphatic carbocycles. The molecule has 108 valence electrons. The fourth-order valence-corrected chi connectivity index (χ4v) is 3.07. The first kappa shape index (κ1) is 14.8. The van der Waals surface area contributed by atoms with Crippen molar-refractivity contribution in [2.45, 2.75) is 46.7 Å². The van der Waals surface area contributed by atoms with E-state index in [1.165, 1.54) is 27.9 Å². The number of nitrogens with one attached hydrogen (secondary N) is 1. The Hall–Kier alpha value is -1.61. The first-order chi connectivity index (χ1) is 9.58. The van der Waals surface area contributed by atoms with Gasteiger partial charge in [0.25, 0.3) is 0 Å². The van der Waals surface area contributed by atoms with Crippen molar-refractivity contribution in [3.8, 4) is 0 Å². The van der Waals surface area contributed by atoms with Crippen LogP contribution in [-0.2, 0) is 6.54 Å². The Morgan fingerprint density at radius 3 is 2.40 bits per heavy atom. The van der Waals surface area contributed by atoms with E-state index in [2.05, 4.69) is 61.0 Å². The topological polar surface area (TPSA) is 29.9 Å². The van der Waals surface area contributed by atoms with Gasteiger partial charge in [-0.25, -0.2) is 0 Å². The molecule has 0 aliphatic rings. The molecule has 2 aromatic rings. The van der Waals surface area contributed by atoms with E-state index in [4.69, 9.17) is 0 Å². The summed E-state index contributed by atoms with van der Waals surface area (Å²) in [5.74, 6) is 0. The van der Waals surface area contributed by atoms with Crippen LogP contribution in [0.3, 0.4) is 0 Å². The molecule has 0 saturated heterocycles. The van der Waals surface area contributed by atoms with Gasteiger partial charge in [0, 0.05) is 12.7 Å². The van der Waals surface area contributed by atoms with Gasteiger partial charge in [-0.1, -0.05) is 24.6 Å². The molecule has 0 radical (unpaired) electrons. The van der Waals surface area contributed by atoms with Crippen molar-refractivity contribution in [1.29, 1.82) is 0 Å². The van der Waals surface area contributed by atoms with Crippen molar-refractivity contribution in [2.75, 3.05) is 7.05 Å². The number of aromatic nitrogens is 2. The third-order valence-corrected chi connectivity index (χ3v) is 3.80. The van der Waals surface area contributed by atoms with Gasteiger partial charge in [0.05, 0.1) is 11.7 Å². The molecule has 0 spiro atoms. The van der Waals surface area contributed by atoms with Crippen molar-refractivity contribution < 1.29 is 0 Å². The van der Waals surface area contributed by atoms with Crippen molar-refractivity contribution in [2.24, 2.45) is 0 Å². The van der Waals surface area contributed by atoms with Crippen molar-refractivity contribution >= 4 is 0 Å². The van der Waals surface area contributed by atoms with Gasteiger partial charge in [0.2, 0.25) is 0 Å². The molecular formula is C17H25N3. The van der Waals surface area contributed by atoms with E-state index < -0.39 is 0 Å². The summed E-state index contributed by atoms with van der Waals surface area (Å²) in [6.45, 7) is 9.69. The second kappa shape index (κ2) is 6.23. The molecule has 0 aliphatic heterocycles. The van der Waals surface area contributed by atoms with Crippen LogP contribution in [0.5, 0.6) is 0 Å². The van der Waals surface area contributed by atoms with E-state index in [1.54, 1.807) is 0 Å². The highest BCUT2D eigenvalue weighted by Gasteiger charge is 2.20. The Balaban J connectivity index is 2.50. The average molecular weight is 271 g/mol. The summed E-state index contributed by atoms with van der Waals surface area (Å²) in [5.41, 5.74) is 6.61. The van der Waals surface area contributed by atoms with Crippen LogP contribution in [0.1, 0.15) is 47.3 Å². The fraction of sp³-hybridized carbons (Fsp3) is 0.471. The van der Waals surface area contributed by atoms with Gasteiger partial charge in [0.1, 0.15) is 0 Å². The second-order valence-electron chi connectivity index (χ2n) is 5.51. The molecule has 0 saturated carbocycles. The Bertz CT molecular complexity index is 561. The third kappa shape index (κ3) is 2.78. The summed E-state index contributed by atoms with van der Waals surface area (Å²) in [7, 11) is 2.02. The minimum Gasteiger partial charge on any atom is -0.308 e. The van der Waals surface area contributed by atoms with E-state index in [-0.39, 0.29) is 6.04 Å². The summed E-state index contributed by atoms with van der Waals surface area (Å²) in [6.07, 6.45) is 2.99. The van der Waals surface area contributed by atoms with Gasteiger partial charge in [-0.2, -0.15) is 5.10 Å². The number of benzene rings is 1. The van der Waals surface area contributed by atoms with E-state index in [0.717, 1.165) is 13.0 Å². The summed E-state index contributed by atoms with van der Waals surface area (Å²) in [6, 6.07) is 6.83. The van der Waals surface area contributed by atoms with Crippen LogP contribution in [0.15, 0.2) is 24.4 Å². The number of rotatable bonds is 5. The van der Waals surface area contributed by atoms with Crippen LogP contribution in [0.2, 0.25) is 0 Å². The summed E-state index contributed by atoms with van der Waals surface area (Å²) < 4.78 is 2.11. The highest BCUT2D eigenvalue weighted by atomic mass is 15.3. The normalized spacial score (nSPS) is 12.7. The maximum atomic E-state index is 4.45. The zero-order valence-corrected chi connectivity index (χ0v) is 13.2. The second-order valence-corrected chi connectivity index (χ2v) is 5.51. The molecule has 2 rings (SSSR count). The molecule has 1 atom stereocenters. The number of hydrogen-bond acceptors (Lipinski definition) is 2. The fourth-order valence-electron chi connectivity index (χ4n) is 3.07. The van der Waals surface area contributed by atoms with E-state index in [0.29, 0.717) is 0 Å². The van der Waals surface area contributed by atoms with Gasteiger partial charge in [0.15, 0.2) is 0 Å². The highest BCUT2D eigenvalue weighted by Crippen LogP contribution is 2.28. The van der Waals surface area contributed by atoms with Gasteiger partial charge in [-0.05, 0) is 57.0 Å². The third-order valence-electron chi connectivity index (χ3n) is 3.80. The lowest BCUT2D eigenvalue weighted by atomic mass is 9.92. The quantitative estimate of drug-likeness (QED) is 0.901. The van der Waals surface area contributed by atoms with Crippen LogP contribution < -0.4 is 5.32 Å². The average Bonchev–Trinajstić information content (AvgIpc) is 2.82. The zero-order chi connectivity index (χ0) is 14.7. The molecule has 3 nitrogen and oxygen atoms in total. The lowest BCUT2D eigenvalue weighted by Gasteiger charge is -2.23. The van der Waals surface area contributed by atoms with Crippen LogP contribution in [0.4, 0.5) is 0 Å². The minimum absolute atomic E-state index is 0.199. The van der Waals surface area contributed by atoms with E-state index >= 15 is 0 Å². The standard InChI is InChI=1S/C17H25N3/c1-6-9-20-15(7-8-19-20)17(18-5)16-13(3)10-12(2)11-14(16)4/h7-8,10-11,17-18H,6,9H2,1-5H3. The van der Waals surface area contributed by atoms with Gasteiger partial charge >= 0.3 is 0 Å². The molecule has 1 aromatic heterocycles. The van der Waals surface area contributed by atoms with Gasteiger partial charge in [-0.3, -0.25) is 4.68 Å². The Morgan fingerprint density at radius 1 is 1.20 bits per heavy atom. The largest absolute Gasteiger partial charge is 0.308 e. The van der Waals surface area contributed by atoms with Crippen molar-refractivity contribution in [3.63, 3.8) is 0 Å². The molecule has 0 amide bonds. The van der Waals surface area contributed by atoms with Crippen molar-refractivity contribution in [1.82, 2.24) is 15.1 Å². The maximum absolute atomic E-state index is 4.45. The summed E-state index contributed by atoms with van der Waals surface area (Å²) in [5, 5.41) is 7.91. The monoisotopic (exact) mass is 271 g/mol. The Labute approximate surface area is 122 Å². The highest BCUT2D eigenvalue weighted by molar-refractivity contribution is 5.42. The zero-order valence-electron chi connectivity index (χ0n) is 13.2. The Kier molecular flexibility index (Phi) is 4.61. The molecule has 3 heteroatoms. The van der Waals surface area contributed by atoms with Crippen LogP contribution >= 0.6 is 0 Å². The van der Waals surface area contributed by atoms with Crippen LogP contribution in [0.25, 0.3) is 0 Å². The first-order valence-electron chi connectivity index (χ1n) is 7.35. The summed E-state index contributed by atoms with van der Waals surface area (Å²) >= 11 is 0. The van der Waals surface area contributed by atoms with Crippen molar-refractivity contribution in [3.05, 3.63) is 52.3 Å². The molecular weight excluding hydrogens is 246 g/mol. The minimum atomic E-state index is 0.199. The summed E-state index contributed by atoms with van der Waals surface area (Å²) in [4.78, 5) is 0. The molecule has 0 fully saturated rings. The van der Waals surface area contributed by atoms with E-state index in [9.17, 15) is 0 Å². The lowest BCUT2D eigenvalue weighted by molar-refractivity contribution is 0.533. The number of nitrogens with zero attached hydrogens (tertiary/aromatic N) is 2. The molecule has 0 bridgehead atoms. The maximum Gasteiger partial charge on any atom is 0.0751 e. The van der Waals surface area contributed by atoms with Gasteiger partial charge in [-0.15, -0.1) is 0 Å². The lowest BCUT2D eigenvalue weighted by Crippen LogP contribution is -2.23. The molecule has 20 heavy (non-hydrogen) atoms. The molecule has 1 unspecified atom stereocenters. The molecule has 1 N–H and O–H groups in total. The SMILES string of the molecule is CCCn1nccc1C(NC)c1c(C)cc(C)cc1C. The first-order valence-corrected chi connectivity index (χ1v) is 7.35. The molecule has 1 heterocycles. The Morgan fingerprint density at radius 2 is 1.85 bits per heavy atom. The van der Waals surface area contributed by atoms with Crippen LogP contribution in [0, 0.1) is 20.8 Å².